The average Bonchev–Trinajstić information content (AvgIpc) is 2.79. The fourth-order valence-corrected chi connectivity index (χ4v) is 3.51. The molecule has 0 fully saturated rings. The number of hydrogen-bond donors (Lipinski definition) is 1. The van der Waals surface area contributed by atoms with Gasteiger partial charge >= 0.3 is 5.97 Å². The van der Waals surface area contributed by atoms with Crippen molar-refractivity contribution in [3.63, 3.8) is 0 Å². The largest absolute Gasteiger partial charge is 0.465 e. The van der Waals surface area contributed by atoms with Gasteiger partial charge in [-0.25, -0.2) is 9.78 Å². The second kappa shape index (κ2) is 8.71. The molecule has 1 heterocycles. The van der Waals surface area contributed by atoms with E-state index in [0.29, 0.717) is 22.0 Å². The number of para-hydroxylation sites is 2. The second-order valence-corrected chi connectivity index (χ2v) is 7.39. The maximum Gasteiger partial charge on any atom is 0.337 e. The minimum atomic E-state index is -0.535. The van der Waals surface area contributed by atoms with Gasteiger partial charge in [-0.15, -0.1) is 0 Å². The number of hydrogen-bond acceptors (Lipinski definition) is 5. The van der Waals surface area contributed by atoms with Crippen LogP contribution >= 0.6 is 23.2 Å². The van der Waals surface area contributed by atoms with Gasteiger partial charge in [-0.3, -0.25) is 9.78 Å². The number of halogens is 2. The normalized spacial score (nSPS) is 10.7. The Labute approximate surface area is 187 Å². The van der Waals surface area contributed by atoms with Gasteiger partial charge in [-0.05, 0) is 48.5 Å². The molecule has 0 unspecified atom stereocenters. The van der Waals surface area contributed by atoms with Gasteiger partial charge in [0.2, 0.25) is 0 Å². The maximum atomic E-state index is 12.7. The average molecular weight is 452 g/mol. The molecule has 0 aliphatic rings. The van der Waals surface area contributed by atoms with Crippen molar-refractivity contribution in [3.05, 3.63) is 88.0 Å². The topological polar surface area (TPSA) is 81.2 Å². The minimum absolute atomic E-state index is 0.134. The molecular formula is C23H15Cl2N3O3. The number of esters is 1. The van der Waals surface area contributed by atoms with Gasteiger partial charge in [0, 0.05) is 11.3 Å². The number of fused-ring (bicyclic) bond motifs is 1. The van der Waals surface area contributed by atoms with Gasteiger partial charge in [0.25, 0.3) is 5.91 Å². The summed E-state index contributed by atoms with van der Waals surface area (Å²) >= 11 is 12.6. The Morgan fingerprint density at radius 1 is 0.935 bits per heavy atom. The van der Waals surface area contributed by atoms with Crippen LogP contribution in [-0.2, 0) is 4.74 Å². The van der Waals surface area contributed by atoms with Crippen LogP contribution in [0.15, 0.2) is 66.9 Å². The summed E-state index contributed by atoms with van der Waals surface area (Å²) in [4.78, 5) is 33.4. The molecule has 31 heavy (non-hydrogen) atoms. The minimum Gasteiger partial charge on any atom is -0.465 e. The number of nitrogens with one attached hydrogen (secondary N) is 1. The highest BCUT2D eigenvalue weighted by molar-refractivity contribution is 6.35. The van der Waals surface area contributed by atoms with E-state index in [2.05, 4.69) is 20.0 Å². The highest BCUT2D eigenvalue weighted by Gasteiger charge is 2.15. The van der Waals surface area contributed by atoms with Crippen LogP contribution in [0, 0.1) is 0 Å². The molecule has 6 nitrogen and oxygen atoms in total. The van der Waals surface area contributed by atoms with E-state index in [-0.39, 0.29) is 16.1 Å². The number of carbonyl (C=O) groups is 2. The van der Waals surface area contributed by atoms with Crippen molar-refractivity contribution < 1.29 is 14.3 Å². The Kier molecular flexibility index (Phi) is 5.84. The van der Waals surface area contributed by atoms with Crippen LogP contribution < -0.4 is 5.32 Å². The van der Waals surface area contributed by atoms with Crippen LogP contribution in [0.5, 0.6) is 0 Å². The number of carbonyl (C=O) groups excluding carboxylic acids is 2. The van der Waals surface area contributed by atoms with Crippen molar-refractivity contribution in [1.29, 1.82) is 0 Å². The van der Waals surface area contributed by atoms with Crippen molar-refractivity contribution in [3.8, 4) is 11.3 Å². The SMILES string of the molecule is COC(=O)c1ccc(C(=O)Nc2ccc(Cl)c(-c3cnc4ccccc4n3)c2)c(Cl)c1. The first kappa shape index (κ1) is 20.8. The molecule has 1 amide bonds. The Morgan fingerprint density at radius 2 is 1.71 bits per heavy atom. The number of anilines is 1. The summed E-state index contributed by atoms with van der Waals surface area (Å²) in [5.41, 5.74) is 3.71. The highest BCUT2D eigenvalue weighted by atomic mass is 35.5. The monoisotopic (exact) mass is 451 g/mol. The fourth-order valence-electron chi connectivity index (χ4n) is 3.03. The van der Waals surface area contributed by atoms with E-state index in [1.165, 1.54) is 25.3 Å². The zero-order valence-electron chi connectivity index (χ0n) is 16.2. The molecule has 1 N–H and O–H groups in total. The van der Waals surface area contributed by atoms with Crippen LogP contribution in [-0.4, -0.2) is 29.0 Å². The van der Waals surface area contributed by atoms with Gasteiger partial charge in [0.15, 0.2) is 0 Å². The van der Waals surface area contributed by atoms with Gasteiger partial charge in [0.05, 0.1) is 51.2 Å². The lowest BCUT2D eigenvalue weighted by atomic mass is 10.1. The molecular weight excluding hydrogens is 437 g/mol. The van der Waals surface area contributed by atoms with Crippen LogP contribution in [0.2, 0.25) is 10.0 Å². The number of nitrogens with zero attached hydrogens (tertiary/aromatic N) is 2. The summed E-state index contributed by atoms with van der Waals surface area (Å²) in [5.74, 6) is -0.966. The number of amides is 1. The molecule has 4 aromatic rings. The molecule has 154 valence electrons. The molecule has 0 aliphatic carbocycles. The number of aromatic nitrogens is 2. The molecule has 0 saturated heterocycles. The summed E-state index contributed by atoms with van der Waals surface area (Å²) in [6.45, 7) is 0. The smallest absolute Gasteiger partial charge is 0.337 e. The standard InChI is InChI=1S/C23H15Cl2N3O3/c1-31-23(30)13-6-8-15(18(25)10-13)22(29)27-14-7-9-17(24)16(11-14)21-12-26-19-4-2-3-5-20(19)28-21/h2-12H,1H3,(H,27,29). The molecule has 0 aliphatic heterocycles. The van der Waals surface area contributed by atoms with E-state index < -0.39 is 11.9 Å². The zero-order valence-corrected chi connectivity index (χ0v) is 17.7. The lowest BCUT2D eigenvalue weighted by molar-refractivity contribution is 0.0600. The molecule has 0 atom stereocenters. The van der Waals surface area contributed by atoms with E-state index in [9.17, 15) is 9.59 Å². The van der Waals surface area contributed by atoms with Crippen molar-refractivity contribution in [2.45, 2.75) is 0 Å². The number of benzene rings is 3. The van der Waals surface area contributed by atoms with Crippen molar-refractivity contribution in [2.75, 3.05) is 12.4 Å². The quantitative estimate of drug-likeness (QED) is 0.405. The first-order chi connectivity index (χ1) is 15.0. The van der Waals surface area contributed by atoms with Crippen molar-refractivity contribution in [1.82, 2.24) is 9.97 Å². The van der Waals surface area contributed by atoms with E-state index in [1.54, 1.807) is 24.4 Å². The molecule has 0 radical (unpaired) electrons. The first-order valence-electron chi connectivity index (χ1n) is 9.17. The number of ether oxygens (including phenoxy) is 1. The molecule has 4 rings (SSSR count). The van der Waals surface area contributed by atoms with E-state index in [0.717, 1.165) is 11.0 Å². The van der Waals surface area contributed by atoms with Gasteiger partial charge in [0.1, 0.15) is 0 Å². The highest BCUT2D eigenvalue weighted by Crippen LogP contribution is 2.30. The summed E-state index contributed by atoms with van der Waals surface area (Å²) in [5, 5.41) is 3.40. The van der Waals surface area contributed by atoms with E-state index >= 15 is 0 Å². The molecule has 8 heteroatoms. The summed E-state index contributed by atoms with van der Waals surface area (Å²) in [6, 6.07) is 16.9. The Hall–Kier alpha value is -3.48. The Balaban J connectivity index is 1.62. The lowest BCUT2D eigenvalue weighted by Crippen LogP contribution is -2.13. The third kappa shape index (κ3) is 4.35. The van der Waals surface area contributed by atoms with Gasteiger partial charge in [-0.1, -0.05) is 35.3 Å². The fraction of sp³-hybridized carbons (Fsp3) is 0.0435. The van der Waals surface area contributed by atoms with Gasteiger partial charge in [-0.2, -0.15) is 0 Å². The van der Waals surface area contributed by atoms with Crippen LogP contribution in [0.25, 0.3) is 22.3 Å². The van der Waals surface area contributed by atoms with Crippen LogP contribution in [0.4, 0.5) is 5.69 Å². The number of rotatable bonds is 4. The second-order valence-electron chi connectivity index (χ2n) is 6.58. The number of methoxy groups -OCH3 is 1. The molecule has 3 aromatic carbocycles. The molecule has 0 spiro atoms. The third-order valence-corrected chi connectivity index (χ3v) is 5.23. The molecule has 0 saturated carbocycles. The summed E-state index contributed by atoms with van der Waals surface area (Å²) < 4.78 is 4.66. The maximum absolute atomic E-state index is 12.7. The van der Waals surface area contributed by atoms with Crippen LogP contribution in [0.3, 0.4) is 0 Å². The van der Waals surface area contributed by atoms with Gasteiger partial charge < -0.3 is 10.1 Å². The summed E-state index contributed by atoms with van der Waals surface area (Å²) in [7, 11) is 1.27. The molecule has 0 bridgehead atoms. The van der Waals surface area contributed by atoms with E-state index in [1.807, 2.05) is 24.3 Å². The predicted octanol–water partition coefficient (Wildman–Crippen LogP) is 5.64. The molecule has 1 aromatic heterocycles. The van der Waals surface area contributed by atoms with Crippen molar-refractivity contribution in [2.24, 2.45) is 0 Å². The lowest BCUT2D eigenvalue weighted by Gasteiger charge is -2.11. The predicted molar refractivity (Wildman–Crippen MR) is 121 cm³/mol. The summed E-state index contributed by atoms with van der Waals surface area (Å²) in [6.07, 6.45) is 1.64. The third-order valence-electron chi connectivity index (χ3n) is 4.58. The Morgan fingerprint density at radius 3 is 2.45 bits per heavy atom. The van der Waals surface area contributed by atoms with Crippen LogP contribution in [0.1, 0.15) is 20.7 Å². The van der Waals surface area contributed by atoms with E-state index in [4.69, 9.17) is 23.2 Å². The Bertz CT molecular complexity index is 1320. The van der Waals surface area contributed by atoms with Crippen molar-refractivity contribution >= 4 is 51.8 Å². The first-order valence-corrected chi connectivity index (χ1v) is 9.93. The zero-order chi connectivity index (χ0) is 22.0.